The molecule has 0 unspecified atom stereocenters. The monoisotopic (exact) mass is 266 g/mol. The van der Waals surface area contributed by atoms with Crippen molar-refractivity contribution in [3.8, 4) is 0 Å². The lowest BCUT2D eigenvalue weighted by atomic mass is 10.3. The number of nitrogens with zero attached hydrogens (tertiary/aromatic N) is 3. The lowest BCUT2D eigenvalue weighted by molar-refractivity contribution is 0.445. The summed E-state index contributed by atoms with van der Waals surface area (Å²) in [6.07, 6.45) is 1.56. The first kappa shape index (κ1) is 13.2. The van der Waals surface area contributed by atoms with Crippen LogP contribution in [-0.2, 0) is 19.3 Å². The van der Waals surface area contributed by atoms with Gasteiger partial charge in [0.25, 0.3) is 0 Å². The van der Waals surface area contributed by atoms with Gasteiger partial charge in [0.15, 0.2) is 5.16 Å². The number of hydrogen-bond acceptors (Lipinski definition) is 5. The largest absolute Gasteiger partial charge is 0.464 e. The van der Waals surface area contributed by atoms with Crippen molar-refractivity contribution in [1.82, 2.24) is 20.1 Å². The minimum atomic E-state index is 0.464. The molecule has 6 heteroatoms. The van der Waals surface area contributed by atoms with Gasteiger partial charge < -0.3 is 9.73 Å². The van der Waals surface area contributed by atoms with Crippen molar-refractivity contribution in [2.45, 2.75) is 37.3 Å². The summed E-state index contributed by atoms with van der Waals surface area (Å²) in [6, 6.07) is 4.49. The number of furan rings is 1. The Morgan fingerprint density at radius 2 is 2.17 bits per heavy atom. The topological polar surface area (TPSA) is 55.9 Å². The molecule has 18 heavy (non-hydrogen) atoms. The Kier molecular flexibility index (Phi) is 4.43. The van der Waals surface area contributed by atoms with Crippen LogP contribution in [0.2, 0.25) is 0 Å². The molecule has 0 saturated heterocycles. The first-order chi connectivity index (χ1) is 8.65. The van der Waals surface area contributed by atoms with Crippen molar-refractivity contribution in [2.75, 3.05) is 0 Å². The van der Waals surface area contributed by atoms with Crippen LogP contribution in [0.15, 0.2) is 28.0 Å². The molecule has 0 aromatic carbocycles. The zero-order valence-electron chi connectivity index (χ0n) is 10.9. The summed E-state index contributed by atoms with van der Waals surface area (Å²) < 4.78 is 7.49. The van der Waals surface area contributed by atoms with Crippen molar-refractivity contribution in [3.05, 3.63) is 30.0 Å². The zero-order valence-corrected chi connectivity index (χ0v) is 11.7. The van der Waals surface area contributed by atoms with Crippen LogP contribution in [0, 0.1) is 0 Å². The third-order valence-electron chi connectivity index (χ3n) is 2.42. The van der Waals surface area contributed by atoms with Gasteiger partial charge in [-0.15, -0.1) is 0 Å². The number of rotatable bonds is 6. The Hall–Kier alpha value is -1.27. The highest BCUT2D eigenvalue weighted by molar-refractivity contribution is 7.98. The molecule has 0 atom stereocenters. The molecule has 2 aromatic heterocycles. The molecule has 0 spiro atoms. The highest BCUT2D eigenvalue weighted by Gasteiger charge is 2.06. The second-order valence-electron chi connectivity index (χ2n) is 4.36. The number of hydrogen-bond donors (Lipinski definition) is 1. The van der Waals surface area contributed by atoms with E-state index in [-0.39, 0.29) is 0 Å². The lowest BCUT2D eigenvalue weighted by Gasteiger charge is -2.05. The van der Waals surface area contributed by atoms with Gasteiger partial charge in [0, 0.05) is 13.1 Å². The van der Waals surface area contributed by atoms with Crippen molar-refractivity contribution in [1.29, 1.82) is 0 Å². The number of aryl methyl sites for hydroxylation is 1. The molecule has 2 heterocycles. The summed E-state index contributed by atoms with van der Waals surface area (Å²) in [7, 11) is 1.88. The van der Waals surface area contributed by atoms with Gasteiger partial charge in [-0.3, -0.25) is 0 Å². The molecule has 0 amide bonds. The Labute approximate surface area is 111 Å². The lowest BCUT2D eigenvalue weighted by Crippen LogP contribution is -2.21. The summed E-state index contributed by atoms with van der Waals surface area (Å²) in [5.41, 5.74) is 0. The van der Waals surface area contributed by atoms with Gasteiger partial charge in [-0.05, 0) is 12.1 Å². The predicted octanol–water partition coefficient (Wildman–Crippen LogP) is 2.20. The highest BCUT2D eigenvalue weighted by atomic mass is 32.2. The average molecular weight is 266 g/mol. The average Bonchev–Trinajstić information content (AvgIpc) is 2.93. The fraction of sp³-hybridized carbons (Fsp3) is 0.500. The molecule has 5 nitrogen and oxygen atoms in total. The fourth-order valence-corrected chi connectivity index (χ4v) is 2.23. The first-order valence-corrected chi connectivity index (χ1v) is 6.91. The molecule has 0 aliphatic heterocycles. The summed E-state index contributed by atoms with van der Waals surface area (Å²) in [5, 5.41) is 8.25. The Bertz CT molecular complexity index is 492. The quantitative estimate of drug-likeness (QED) is 0.812. The number of aromatic nitrogens is 3. The van der Waals surface area contributed by atoms with Gasteiger partial charge >= 0.3 is 0 Å². The smallest absolute Gasteiger partial charge is 0.186 e. The molecule has 0 fully saturated rings. The summed E-state index contributed by atoms with van der Waals surface area (Å²) >= 11 is 1.62. The Balaban J connectivity index is 1.85. The molecular weight excluding hydrogens is 248 g/mol. The van der Waals surface area contributed by atoms with Crippen LogP contribution < -0.4 is 5.32 Å². The predicted molar refractivity (Wildman–Crippen MR) is 71.2 cm³/mol. The van der Waals surface area contributed by atoms with Crippen molar-refractivity contribution in [3.63, 3.8) is 0 Å². The van der Waals surface area contributed by atoms with Crippen molar-refractivity contribution >= 4 is 11.8 Å². The fourth-order valence-electron chi connectivity index (χ4n) is 1.45. The van der Waals surface area contributed by atoms with E-state index in [9.17, 15) is 0 Å². The van der Waals surface area contributed by atoms with Crippen LogP contribution >= 0.6 is 11.8 Å². The number of thioether (sulfide) groups is 1. The van der Waals surface area contributed by atoms with E-state index in [1.165, 1.54) is 0 Å². The second-order valence-corrected chi connectivity index (χ2v) is 5.30. The SMILES string of the molecule is CC(C)NCc1ccc(CSc2ncnn2C)o1. The van der Waals surface area contributed by atoms with Crippen LogP contribution in [0.5, 0.6) is 0 Å². The minimum Gasteiger partial charge on any atom is -0.464 e. The van der Waals surface area contributed by atoms with Gasteiger partial charge in [-0.25, -0.2) is 9.67 Å². The minimum absolute atomic E-state index is 0.464. The first-order valence-electron chi connectivity index (χ1n) is 5.93. The van der Waals surface area contributed by atoms with Gasteiger partial charge in [0.2, 0.25) is 0 Å². The van der Waals surface area contributed by atoms with E-state index < -0.39 is 0 Å². The molecule has 2 aromatic rings. The summed E-state index contributed by atoms with van der Waals surface area (Å²) in [5.74, 6) is 2.70. The molecule has 0 radical (unpaired) electrons. The highest BCUT2D eigenvalue weighted by Crippen LogP contribution is 2.21. The van der Waals surface area contributed by atoms with E-state index in [4.69, 9.17) is 4.42 Å². The second kappa shape index (κ2) is 6.06. The normalized spacial score (nSPS) is 11.3. The van der Waals surface area contributed by atoms with Gasteiger partial charge in [0.05, 0.1) is 12.3 Å². The van der Waals surface area contributed by atoms with Gasteiger partial charge in [-0.2, -0.15) is 5.10 Å². The standard InChI is InChI=1S/C12H18N4OS/c1-9(2)13-6-10-4-5-11(17-10)7-18-12-14-8-15-16(12)3/h4-5,8-9,13H,6-7H2,1-3H3. The zero-order chi connectivity index (χ0) is 13.0. The Morgan fingerprint density at radius 3 is 2.83 bits per heavy atom. The van der Waals surface area contributed by atoms with Crippen LogP contribution in [0.1, 0.15) is 25.4 Å². The maximum absolute atomic E-state index is 5.73. The third-order valence-corrected chi connectivity index (χ3v) is 3.47. The van der Waals surface area contributed by atoms with E-state index in [0.717, 1.165) is 29.0 Å². The van der Waals surface area contributed by atoms with E-state index in [1.54, 1.807) is 22.8 Å². The molecule has 98 valence electrons. The molecular formula is C12H18N4OS. The maximum Gasteiger partial charge on any atom is 0.186 e. The van der Waals surface area contributed by atoms with Crippen LogP contribution in [0.3, 0.4) is 0 Å². The molecule has 2 rings (SSSR count). The molecule has 0 aliphatic carbocycles. The number of nitrogens with one attached hydrogen (secondary N) is 1. The third kappa shape index (κ3) is 3.61. The van der Waals surface area contributed by atoms with Crippen molar-refractivity contribution < 1.29 is 4.42 Å². The van der Waals surface area contributed by atoms with Crippen LogP contribution in [0.25, 0.3) is 0 Å². The molecule has 0 saturated carbocycles. The van der Waals surface area contributed by atoms with Gasteiger partial charge in [0.1, 0.15) is 17.8 Å². The summed E-state index contributed by atoms with van der Waals surface area (Å²) in [4.78, 5) is 4.16. The van der Waals surface area contributed by atoms with E-state index in [0.29, 0.717) is 6.04 Å². The summed E-state index contributed by atoms with van der Waals surface area (Å²) in [6.45, 7) is 5.01. The van der Waals surface area contributed by atoms with E-state index >= 15 is 0 Å². The molecule has 1 N–H and O–H groups in total. The van der Waals surface area contributed by atoms with Crippen LogP contribution in [0.4, 0.5) is 0 Å². The van der Waals surface area contributed by atoms with E-state index in [1.807, 2.05) is 19.2 Å². The molecule has 0 bridgehead atoms. The maximum atomic E-state index is 5.73. The van der Waals surface area contributed by atoms with E-state index in [2.05, 4.69) is 29.2 Å². The molecule has 0 aliphatic rings. The van der Waals surface area contributed by atoms with Crippen LogP contribution in [-0.4, -0.2) is 20.8 Å². The van der Waals surface area contributed by atoms with Gasteiger partial charge in [-0.1, -0.05) is 25.6 Å². The van der Waals surface area contributed by atoms with Crippen molar-refractivity contribution in [2.24, 2.45) is 7.05 Å². The Morgan fingerprint density at radius 1 is 1.39 bits per heavy atom.